The average Bonchev–Trinajstić information content (AvgIpc) is 2.68. The molecule has 0 aliphatic heterocycles. The van der Waals surface area contributed by atoms with Crippen molar-refractivity contribution in [1.82, 2.24) is 4.37 Å². The Morgan fingerprint density at radius 3 is 2.43 bits per heavy atom. The van der Waals surface area contributed by atoms with Gasteiger partial charge in [-0.15, -0.1) is 0 Å². The van der Waals surface area contributed by atoms with Gasteiger partial charge in [0, 0.05) is 10.4 Å². The van der Waals surface area contributed by atoms with Crippen molar-refractivity contribution >= 4 is 11.5 Å². The van der Waals surface area contributed by atoms with Crippen LogP contribution in [-0.4, -0.2) is 4.37 Å². The lowest BCUT2D eigenvalue weighted by atomic mass is 10.1. The third kappa shape index (κ3) is 1.85. The Morgan fingerprint density at radius 2 is 1.86 bits per heavy atom. The van der Waals surface area contributed by atoms with Crippen molar-refractivity contribution in [1.29, 1.82) is 0 Å². The normalized spacial score (nSPS) is 10.8. The average molecular weight is 203 g/mol. The molecular weight excluding hydrogens is 190 g/mol. The molecule has 0 radical (unpaired) electrons. The molecule has 0 fully saturated rings. The first-order valence-electron chi connectivity index (χ1n) is 4.79. The summed E-state index contributed by atoms with van der Waals surface area (Å²) in [7, 11) is 0. The van der Waals surface area contributed by atoms with Crippen molar-refractivity contribution in [3.05, 3.63) is 41.3 Å². The molecule has 0 aliphatic carbocycles. The Balaban J connectivity index is 2.34. The maximum atomic E-state index is 4.45. The van der Waals surface area contributed by atoms with Gasteiger partial charge < -0.3 is 0 Å². The van der Waals surface area contributed by atoms with Crippen LogP contribution in [0.1, 0.15) is 24.6 Å². The smallest absolute Gasteiger partial charge is 0.0843 e. The van der Waals surface area contributed by atoms with Crippen LogP contribution in [0.15, 0.2) is 36.4 Å². The van der Waals surface area contributed by atoms with E-state index in [1.165, 1.54) is 10.4 Å². The van der Waals surface area contributed by atoms with Crippen LogP contribution in [-0.2, 0) is 0 Å². The van der Waals surface area contributed by atoms with Crippen molar-refractivity contribution in [3.8, 4) is 11.3 Å². The highest BCUT2D eigenvalue weighted by atomic mass is 32.1. The molecule has 1 heterocycles. The predicted octanol–water partition coefficient (Wildman–Crippen LogP) is 3.93. The van der Waals surface area contributed by atoms with Crippen molar-refractivity contribution in [2.45, 2.75) is 19.8 Å². The van der Waals surface area contributed by atoms with Gasteiger partial charge in [0.2, 0.25) is 0 Å². The molecule has 0 spiro atoms. The molecule has 14 heavy (non-hydrogen) atoms. The topological polar surface area (TPSA) is 12.9 Å². The number of rotatable bonds is 2. The number of benzene rings is 1. The Hall–Kier alpha value is -1.15. The molecule has 0 bridgehead atoms. The second kappa shape index (κ2) is 3.93. The van der Waals surface area contributed by atoms with Gasteiger partial charge in [-0.3, -0.25) is 0 Å². The van der Waals surface area contributed by atoms with Gasteiger partial charge in [-0.05, 0) is 23.5 Å². The molecule has 0 atom stereocenters. The molecule has 72 valence electrons. The van der Waals surface area contributed by atoms with Gasteiger partial charge in [0.25, 0.3) is 0 Å². The third-order valence-corrected chi connectivity index (χ3v) is 3.26. The fourth-order valence-corrected chi connectivity index (χ4v) is 2.04. The highest BCUT2D eigenvalue weighted by Gasteiger charge is 2.06. The van der Waals surface area contributed by atoms with Gasteiger partial charge >= 0.3 is 0 Å². The molecule has 0 saturated heterocycles. The van der Waals surface area contributed by atoms with E-state index >= 15 is 0 Å². The Kier molecular flexibility index (Phi) is 2.64. The highest BCUT2D eigenvalue weighted by molar-refractivity contribution is 7.06. The lowest BCUT2D eigenvalue weighted by Gasteiger charge is -1.96. The standard InChI is InChI=1S/C12H13NS/c1-9(2)12-8-11(13-14-12)10-6-4-3-5-7-10/h3-9H,1-2H3. The van der Waals surface area contributed by atoms with Crippen molar-refractivity contribution in [2.24, 2.45) is 0 Å². The maximum Gasteiger partial charge on any atom is 0.0843 e. The van der Waals surface area contributed by atoms with Gasteiger partial charge in [-0.25, -0.2) is 0 Å². The molecule has 2 heteroatoms. The first-order valence-corrected chi connectivity index (χ1v) is 5.57. The van der Waals surface area contributed by atoms with E-state index in [1.54, 1.807) is 11.5 Å². The van der Waals surface area contributed by atoms with Crippen molar-refractivity contribution in [2.75, 3.05) is 0 Å². The second-order valence-electron chi connectivity index (χ2n) is 3.64. The molecule has 0 saturated carbocycles. The first-order chi connectivity index (χ1) is 6.77. The molecular formula is C12H13NS. The van der Waals surface area contributed by atoms with Crippen LogP contribution in [0.25, 0.3) is 11.3 Å². The van der Waals surface area contributed by atoms with Gasteiger partial charge in [0.1, 0.15) is 0 Å². The summed E-state index contributed by atoms with van der Waals surface area (Å²) >= 11 is 1.60. The summed E-state index contributed by atoms with van der Waals surface area (Å²) in [6.07, 6.45) is 0. The van der Waals surface area contributed by atoms with E-state index in [2.05, 4.69) is 36.4 Å². The summed E-state index contributed by atoms with van der Waals surface area (Å²) in [6.45, 7) is 4.39. The minimum atomic E-state index is 0.574. The minimum absolute atomic E-state index is 0.574. The third-order valence-electron chi connectivity index (χ3n) is 2.17. The fourth-order valence-electron chi connectivity index (χ4n) is 1.31. The zero-order valence-corrected chi connectivity index (χ0v) is 9.21. The summed E-state index contributed by atoms with van der Waals surface area (Å²) in [4.78, 5) is 1.35. The Bertz CT molecular complexity index is 403. The van der Waals surface area contributed by atoms with Crippen molar-refractivity contribution in [3.63, 3.8) is 0 Å². The fraction of sp³-hybridized carbons (Fsp3) is 0.250. The summed E-state index contributed by atoms with van der Waals surface area (Å²) in [6, 6.07) is 12.5. The highest BCUT2D eigenvalue weighted by Crippen LogP contribution is 2.26. The zero-order valence-electron chi connectivity index (χ0n) is 8.40. The summed E-state index contributed by atoms with van der Waals surface area (Å²) in [5.41, 5.74) is 2.30. The van der Waals surface area contributed by atoms with Crippen molar-refractivity contribution < 1.29 is 0 Å². The monoisotopic (exact) mass is 203 g/mol. The largest absolute Gasteiger partial charge is 0.192 e. The van der Waals surface area contributed by atoms with E-state index in [-0.39, 0.29) is 0 Å². The molecule has 0 N–H and O–H groups in total. The second-order valence-corrected chi connectivity index (χ2v) is 4.47. The number of hydrogen-bond acceptors (Lipinski definition) is 2. The van der Waals surface area contributed by atoms with Crippen LogP contribution in [0, 0.1) is 0 Å². The predicted molar refractivity (Wildman–Crippen MR) is 61.6 cm³/mol. The summed E-state index contributed by atoms with van der Waals surface area (Å²) < 4.78 is 4.45. The van der Waals surface area contributed by atoms with E-state index < -0.39 is 0 Å². The summed E-state index contributed by atoms with van der Waals surface area (Å²) in [5.74, 6) is 0.574. The molecule has 1 aromatic heterocycles. The van der Waals surface area contributed by atoms with Crippen LogP contribution in [0.4, 0.5) is 0 Å². The van der Waals surface area contributed by atoms with E-state index in [0.29, 0.717) is 5.92 Å². The molecule has 0 aliphatic rings. The molecule has 0 amide bonds. The quantitative estimate of drug-likeness (QED) is 0.720. The molecule has 0 unspecified atom stereocenters. The van der Waals surface area contributed by atoms with Crippen LogP contribution < -0.4 is 0 Å². The SMILES string of the molecule is CC(C)c1cc(-c2ccccc2)ns1. The molecule has 1 nitrogen and oxygen atoms in total. The van der Waals surface area contributed by atoms with Crippen LogP contribution in [0.5, 0.6) is 0 Å². The molecule has 2 aromatic rings. The van der Waals surface area contributed by atoms with E-state index in [0.717, 1.165) is 5.69 Å². The number of hydrogen-bond donors (Lipinski definition) is 0. The zero-order chi connectivity index (χ0) is 9.97. The van der Waals surface area contributed by atoms with E-state index in [9.17, 15) is 0 Å². The lowest BCUT2D eigenvalue weighted by molar-refractivity contribution is 0.890. The van der Waals surface area contributed by atoms with Gasteiger partial charge in [-0.1, -0.05) is 44.2 Å². The Morgan fingerprint density at radius 1 is 1.14 bits per heavy atom. The molecule has 1 aromatic carbocycles. The summed E-state index contributed by atoms with van der Waals surface area (Å²) in [5, 5.41) is 0. The van der Waals surface area contributed by atoms with Crippen LogP contribution >= 0.6 is 11.5 Å². The van der Waals surface area contributed by atoms with Crippen LogP contribution in [0.3, 0.4) is 0 Å². The van der Waals surface area contributed by atoms with Crippen LogP contribution in [0.2, 0.25) is 0 Å². The Labute approximate surface area is 88.6 Å². The number of aromatic nitrogens is 1. The number of nitrogens with zero attached hydrogens (tertiary/aromatic N) is 1. The maximum absolute atomic E-state index is 4.45. The van der Waals surface area contributed by atoms with Gasteiger partial charge in [-0.2, -0.15) is 4.37 Å². The minimum Gasteiger partial charge on any atom is -0.192 e. The van der Waals surface area contributed by atoms with Gasteiger partial charge in [0.05, 0.1) is 5.69 Å². The van der Waals surface area contributed by atoms with Gasteiger partial charge in [0.15, 0.2) is 0 Å². The van der Waals surface area contributed by atoms with E-state index in [4.69, 9.17) is 0 Å². The molecule has 2 rings (SSSR count). The first kappa shape index (κ1) is 9.41. The lowest BCUT2D eigenvalue weighted by Crippen LogP contribution is -1.79. The van der Waals surface area contributed by atoms with E-state index in [1.807, 2.05) is 18.2 Å².